The molecule has 2 rings (SSSR count). The molecule has 0 spiro atoms. The smallest absolute Gasteiger partial charge is 0.326 e. The molecule has 0 fully saturated rings. The molecule has 1 aliphatic heterocycles. The maximum Gasteiger partial charge on any atom is 0.326 e. The first-order chi connectivity index (χ1) is 11.4. The van der Waals surface area contributed by atoms with Crippen LogP contribution in [0.2, 0.25) is 0 Å². The Balaban J connectivity index is 2.01. The van der Waals surface area contributed by atoms with E-state index in [1.807, 2.05) is 32.0 Å². The number of rotatable bonds is 8. The standard InChI is InChI=1S/C17H23NO5S/c1-10(2)5-13(17(20)21)18-16(19)12(8-24)6-11-3-4-14-15(7-11)23-9-22-14/h3-4,7,10,12-13,24H,5-6,8-9H2,1-2H3,(H,18,19)(H,20,21)/t12?,13-/m0/s1. The molecule has 0 aromatic heterocycles. The van der Waals surface area contributed by atoms with Gasteiger partial charge in [0.25, 0.3) is 0 Å². The Kier molecular flexibility index (Phi) is 6.36. The highest BCUT2D eigenvalue weighted by Gasteiger charge is 2.26. The van der Waals surface area contributed by atoms with E-state index in [-0.39, 0.29) is 18.6 Å². The van der Waals surface area contributed by atoms with Gasteiger partial charge in [-0.05, 0) is 36.5 Å². The van der Waals surface area contributed by atoms with Crippen LogP contribution in [0.15, 0.2) is 18.2 Å². The molecule has 24 heavy (non-hydrogen) atoms. The summed E-state index contributed by atoms with van der Waals surface area (Å²) in [6, 6.07) is 4.65. The van der Waals surface area contributed by atoms with E-state index in [0.29, 0.717) is 30.1 Å². The molecule has 2 N–H and O–H groups in total. The van der Waals surface area contributed by atoms with E-state index in [9.17, 15) is 14.7 Å². The zero-order valence-electron chi connectivity index (χ0n) is 13.8. The average Bonchev–Trinajstić information content (AvgIpc) is 2.98. The van der Waals surface area contributed by atoms with Crippen LogP contribution in [0, 0.1) is 11.8 Å². The summed E-state index contributed by atoms with van der Waals surface area (Å²) in [7, 11) is 0. The van der Waals surface area contributed by atoms with E-state index in [1.165, 1.54) is 0 Å². The second-order valence-corrected chi connectivity index (χ2v) is 6.67. The first-order valence-corrected chi connectivity index (χ1v) is 8.56. The van der Waals surface area contributed by atoms with Crippen molar-refractivity contribution in [1.82, 2.24) is 5.32 Å². The van der Waals surface area contributed by atoms with E-state index < -0.39 is 17.9 Å². The lowest BCUT2D eigenvalue weighted by atomic mass is 9.98. The molecule has 1 aromatic carbocycles. The van der Waals surface area contributed by atoms with Crippen molar-refractivity contribution in [2.24, 2.45) is 11.8 Å². The fraction of sp³-hybridized carbons (Fsp3) is 0.529. The summed E-state index contributed by atoms with van der Waals surface area (Å²) in [5.41, 5.74) is 0.921. The van der Waals surface area contributed by atoms with Crippen molar-refractivity contribution < 1.29 is 24.2 Å². The fourth-order valence-corrected chi connectivity index (χ4v) is 2.87. The van der Waals surface area contributed by atoms with Crippen LogP contribution in [0.4, 0.5) is 0 Å². The number of carboxylic acid groups (broad SMARTS) is 1. The number of aliphatic carboxylic acids is 1. The van der Waals surface area contributed by atoms with Gasteiger partial charge in [-0.25, -0.2) is 4.79 Å². The molecule has 2 atom stereocenters. The van der Waals surface area contributed by atoms with Gasteiger partial charge in [-0.2, -0.15) is 12.6 Å². The molecule has 0 bridgehead atoms. The fourth-order valence-electron chi connectivity index (χ4n) is 2.58. The third kappa shape index (κ3) is 4.80. The molecule has 1 aliphatic rings. The number of ether oxygens (including phenoxy) is 2. The SMILES string of the molecule is CC(C)C[C@H](NC(=O)C(CS)Cc1ccc2c(c1)OCO2)C(=O)O. The largest absolute Gasteiger partial charge is 0.480 e. The summed E-state index contributed by atoms with van der Waals surface area (Å²) in [5.74, 6) is 0.127. The second-order valence-electron chi connectivity index (χ2n) is 6.30. The molecule has 0 saturated heterocycles. The van der Waals surface area contributed by atoms with Gasteiger partial charge in [0.1, 0.15) is 6.04 Å². The monoisotopic (exact) mass is 353 g/mol. The molecule has 1 aromatic rings. The van der Waals surface area contributed by atoms with Gasteiger partial charge in [0.2, 0.25) is 12.7 Å². The molecule has 1 unspecified atom stereocenters. The molecule has 0 aliphatic carbocycles. The van der Waals surface area contributed by atoms with Crippen LogP contribution in [0.3, 0.4) is 0 Å². The van der Waals surface area contributed by atoms with Crippen molar-refractivity contribution >= 4 is 24.5 Å². The van der Waals surface area contributed by atoms with Gasteiger partial charge in [0.15, 0.2) is 11.5 Å². The molecular weight excluding hydrogens is 330 g/mol. The Labute approximate surface area is 146 Å². The number of fused-ring (bicyclic) bond motifs is 1. The van der Waals surface area contributed by atoms with Gasteiger partial charge in [0, 0.05) is 5.75 Å². The Hall–Kier alpha value is -1.89. The maximum atomic E-state index is 12.4. The van der Waals surface area contributed by atoms with Crippen molar-refractivity contribution in [1.29, 1.82) is 0 Å². The van der Waals surface area contributed by atoms with Crippen molar-refractivity contribution in [2.75, 3.05) is 12.5 Å². The van der Waals surface area contributed by atoms with Crippen molar-refractivity contribution in [3.8, 4) is 11.5 Å². The molecule has 0 radical (unpaired) electrons. The minimum Gasteiger partial charge on any atom is -0.480 e. The van der Waals surface area contributed by atoms with Gasteiger partial charge in [-0.1, -0.05) is 19.9 Å². The summed E-state index contributed by atoms with van der Waals surface area (Å²) < 4.78 is 10.6. The lowest BCUT2D eigenvalue weighted by molar-refractivity contribution is -0.142. The number of nitrogens with one attached hydrogen (secondary N) is 1. The van der Waals surface area contributed by atoms with E-state index in [0.717, 1.165) is 5.56 Å². The minimum atomic E-state index is -1.02. The molecule has 1 heterocycles. The highest BCUT2D eigenvalue weighted by atomic mass is 32.1. The van der Waals surface area contributed by atoms with Gasteiger partial charge < -0.3 is 19.9 Å². The Morgan fingerprint density at radius 3 is 2.62 bits per heavy atom. The first-order valence-electron chi connectivity index (χ1n) is 7.93. The zero-order valence-corrected chi connectivity index (χ0v) is 14.7. The van der Waals surface area contributed by atoms with Crippen LogP contribution < -0.4 is 14.8 Å². The Bertz CT molecular complexity index is 605. The topological polar surface area (TPSA) is 84.9 Å². The predicted molar refractivity (Wildman–Crippen MR) is 92.6 cm³/mol. The molecule has 6 nitrogen and oxygen atoms in total. The third-order valence-electron chi connectivity index (χ3n) is 3.83. The first kappa shape index (κ1) is 18.4. The summed E-state index contributed by atoms with van der Waals surface area (Å²) >= 11 is 4.25. The number of amides is 1. The summed E-state index contributed by atoms with van der Waals surface area (Å²) in [6.07, 6.45) is 0.852. The van der Waals surface area contributed by atoms with Crippen LogP contribution in [0.5, 0.6) is 11.5 Å². The highest BCUT2D eigenvalue weighted by Crippen LogP contribution is 2.33. The summed E-state index contributed by atoms with van der Waals surface area (Å²) in [5, 5.41) is 11.9. The number of thiol groups is 1. The maximum absolute atomic E-state index is 12.4. The molecule has 7 heteroatoms. The predicted octanol–water partition coefficient (Wildman–Crippen LogP) is 2.12. The number of benzene rings is 1. The summed E-state index contributed by atoms with van der Waals surface area (Å²) in [6.45, 7) is 4.04. The Morgan fingerprint density at radius 2 is 2.00 bits per heavy atom. The number of carbonyl (C=O) groups is 2. The normalized spacial score (nSPS) is 15.2. The third-order valence-corrected chi connectivity index (χ3v) is 4.27. The van der Waals surface area contributed by atoms with Crippen LogP contribution in [0.25, 0.3) is 0 Å². The Morgan fingerprint density at radius 1 is 1.29 bits per heavy atom. The van der Waals surface area contributed by atoms with E-state index in [1.54, 1.807) is 0 Å². The molecule has 132 valence electrons. The number of hydrogen-bond donors (Lipinski definition) is 3. The molecular formula is C17H23NO5S. The highest BCUT2D eigenvalue weighted by molar-refractivity contribution is 7.80. The summed E-state index contributed by atoms with van der Waals surface area (Å²) in [4.78, 5) is 23.7. The van der Waals surface area contributed by atoms with Gasteiger partial charge in [-0.15, -0.1) is 0 Å². The quantitative estimate of drug-likeness (QED) is 0.624. The second kappa shape index (κ2) is 8.28. The number of hydrogen-bond acceptors (Lipinski definition) is 5. The van der Waals surface area contributed by atoms with E-state index >= 15 is 0 Å². The lowest BCUT2D eigenvalue weighted by Crippen LogP contribution is -2.45. The molecule has 0 saturated carbocycles. The van der Waals surface area contributed by atoms with Gasteiger partial charge >= 0.3 is 5.97 Å². The van der Waals surface area contributed by atoms with Gasteiger partial charge in [-0.3, -0.25) is 4.79 Å². The van der Waals surface area contributed by atoms with E-state index in [2.05, 4.69) is 17.9 Å². The lowest BCUT2D eigenvalue weighted by Gasteiger charge is -2.20. The molecule has 1 amide bonds. The van der Waals surface area contributed by atoms with Crippen molar-refractivity contribution in [3.05, 3.63) is 23.8 Å². The number of carbonyl (C=O) groups excluding carboxylic acids is 1. The minimum absolute atomic E-state index is 0.176. The van der Waals surface area contributed by atoms with Crippen molar-refractivity contribution in [3.63, 3.8) is 0 Å². The van der Waals surface area contributed by atoms with Crippen LogP contribution in [0.1, 0.15) is 25.8 Å². The zero-order chi connectivity index (χ0) is 17.7. The van der Waals surface area contributed by atoms with Crippen molar-refractivity contribution in [2.45, 2.75) is 32.7 Å². The van der Waals surface area contributed by atoms with E-state index in [4.69, 9.17) is 9.47 Å². The van der Waals surface area contributed by atoms with Gasteiger partial charge in [0.05, 0.1) is 5.92 Å². The average molecular weight is 353 g/mol. The number of carboxylic acids is 1. The van der Waals surface area contributed by atoms with Crippen LogP contribution >= 0.6 is 12.6 Å². The van der Waals surface area contributed by atoms with Crippen LogP contribution in [-0.2, 0) is 16.0 Å². The van der Waals surface area contributed by atoms with Crippen LogP contribution in [-0.4, -0.2) is 35.6 Å².